The van der Waals surface area contributed by atoms with E-state index in [0.29, 0.717) is 25.4 Å². The molecule has 1 atom stereocenters. The van der Waals surface area contributed by atoms with Gasteiger partial charge in [0.1, 0.15) is 6.61 Å². The molecule has 0 spiro atoms. The largest absolute Gasteiger partial charge is 0.506 e. The third-order valence-electron chi connectivity index (χ3n) is 3.39. The molecule has 0 aromatic heterocycles. The predicted octanol–water partition coefficient (Wildman–Crippen LogP) is 2.71. The van der Waals surface area contributed by atoms with Gasteiger partial charge in [0.15, 0.2) is 6.29 Å². The monoisotopic (exact) mass is 260 g/mol. The molecule has 100 valence electrons. The van der Waals surface area contributed by atoms with E-state index in [9.17, 15) is 0 Å². The molecule has 1 aliphatic carbocycles. The summed E-state index contributed by atoms with van der Waals surface area (Å²) in [5.74, 6) is 0. The highest BCUT2D eigenvalue weighted by molar-refractivity contribution is 6.62. The molecule has 0 radical (unpaired) electrons. The summed E-state index contributed by atoms with van der Waals surface area (Å²) in [5, 5.41) is 0. The third kappa shape index (κ3) is 3.51. The highest BCUT2D eigenvalue weighted by atomic mass is 28.4. The summed E-state index contributed by atoms with van der Waals surface area (Å²) < 4.78 is 23.2. The third-order valence-corrected chi connectivity index (χ3v) is 6.95. The minimum Gasteiger partial charge on any atom is -0.374 e. The van der Waals surface area contributed by atoms with Gasteiger partial charge < -0.3 is 18.0 Å². The Hall–Kier alpha value is 0.0569. The van der Waals surface area contributed by atoms with Crippen molar-refractivity contribution in [2.24, 2.45) is 0 Å². The summed E-state index contributed by atoms with van der Waals surface area (Å²) in [6.45, 7) is 6.05. The SMILES string of the molecule is CCO[Si](OCC)(OC1CO1)C1CCCCC1. The van der Waals surface area contributed by atoms with E-state index in [-0.39, 0.29) is 6.29 Å². The Morgan fingerprint density at radius 2 is 1.65 bits per heavy atom. The highest BCUT2D eigenvalue weighted by Crippen LogP contribution is 2.40. The fourth-order valence-electron chi connectivity index (χ4n) is 2.59. The molecule has 1 heterocycles. The smallest absolute Gasteiger partial charge is 0.374 e. The Kier molecular flexibility index (Phi) is 4.99. The molecule has 1 unspecified atom stereocenters. The molecular formula is C12H24O4Si. The lowest BCUT2D eigenvalue weighted by Crippen LogP contribution is -2.51. The molecule has 2 fully saturated rings. The van der Waals surface area contributed by atoms with Gasteiger partial charge in [0.2, 0.25) is 0 Å². The number of ether oxygens (including phenoxy) is 1. The minimum absolute atomic E-state index is 0.0679. The van der Waals surface area contributed by atoms with Crippen LogP contribution in [0.2, 0.25) is 5.54 Å². The van der Waals surface area contributed by atoms with Crippen LogP contribution in [0.1, 0.15) is 46.0 Å². The van der Waals surface area contributed by atoms with Crippen LogP contribution in [0, 0.1) is 0 Å². The van der Waals surface area contributed by atoms with E-state index < -0.39 is 8.80 Å². The van der Waals surface area contributed by atoms with Gasteiger partial charge in [-0.2, -0.15) is 0 Å². The Morgan fingerprint density at radius 1 is 1.06 bits per heavy atom. The van der Waals surface area contributed by atoms with Gasteiger partial charge in [-0.05, 0) is 26.7 Å². The second-order valence-electron chi connectivity index (χ2n) is 4.69. The first-order chi connectivity index (χ1) is 8.30. The van der Waals surface area contributed by atoms with Gasteiger partial charge in [-0.3, -0.25) is 0 Å². The summed E-state index contributed by atoms with van der Waals surface area (Å²) in [6.07, 6.45) is 6.17. The zero-order valence-corrected chi connectivity index (χ0v) is 11.9. The number of rotatable bonds is 7. The maximum Gasteiger partial charge on any atom is 0.506 e. The Balaban J connectivity index is 2.04. The maximum atomic E-state index is 6.04. The standard InChI is InChI=1S/C12H24O4Si/c1-3-14-17(15-4-2,16-12-10-13-12)11-8-6-5-7-9-11/h11-12H,3-10H2,1-2H3. The van der Waals surface area contributed by atoms with Crippen molar-refractivity contribution in [3.8, 4) is 0 Å². The summed E-state index contributed by atoms with van der Waals surface area (Å²) >= 11 is 0. The zero-order valence-electron chi connectivity index (χ0n) is 10.9. The number of hydrogen-bond donors (Lipinski definition) is 0. The fourth-order valence-corrected chi connectivity index (χ4v) is 5.90. The number of epoxide rings is 1. The quantitative estimate of drug-likeness (QED) is 0.521. The summed E-state index contributed by atoms with van der Waals surface area (Å²) in [4.78, 5) is 0. The zero-order chi connectivity index (χ0) is 12.1. The molecule has 17 heavy (non-hydrogen) atoms. The van der Waals surface area contributed by atoms with Gasteiger partial charge in [-0.25, -0.2) is 0 Å². The van der Waals surface area contributed by atoms with Crippen molar-refractivity contribution in [1.82, 2.24) is 0 Å². The summed E-state index contributed by atoms with van der Waals surface area (Å²) in [6, 6.07) is 0. The molecule has 5 heteroatoms. The van der Waals surface area contributed by atoms with Crippen molar-refractivity contribution in [3.05, 3.63) is 0 Å². The molecule has 0 N–H and O–H groups in total. The van der Waals surface area contributed by atoms with Crippen LogP contribution in [0.5, 0.6) is 0 Å². The molecule has 2 rings (SSSR count). The Bertz CT molecular complexity index is 221. The van der Waals surface area contributed by atoms with Crippen molar-refractivity contribution in [2.75, 3.05) is 19.8 Å². The summed E-state index contributed by atoms with van der Waals surface area (Å²) in [7, 11) is -2.52. The van der Waals surface area contributed by atoms with Gasteiger partial charge in [0, 0.05) is 18.8 Å². The van der Waals surface area contributed by atoms with Crippen LogP contribution in [-0.4, -0.2) is 34.9 Å². The van der Waals surface area contributed by atoms with E-state index in [1.54, 1.807) is 0 Å². The van der Waals surface area contributed by atoms with Crippen LogP contribution in [-0.2, 0) is 18.0 Å². The molecule has 0 aromatic carbocycles. The number of hydrogen-bond acceptors (Lipinski definition) is 4. The summed E-state index contributed by atoms with van der Waals surface area (Å²) in [5.41, 5.74) is 0.473. The molecule has 0 aromatic rings. The van der Waals surface area contributed by atoms with Crippen LogP contribution in [0.25, 0.3) is 0 Å². The van der Waals surface area contributed by atoms with E-state index in [1.807, 2.05) is 13.8 Å². The molecule has 4 nitrogen and oxygen atoms in total. The van der Waals surface area contributed by atoms with Crippen molar-refractivity contribution in [2.45, 2.75) is 57.8 Å². The maximum absolute atomic E-state index is 6.04. The second kappa shape index (κ2) is 6.29. The van der Waals surface area contributed by atoms with E-state index in [2.05, 4.69) is 0 Å². The second-order valence-corrected chi connectivity index (χ2v) is 7.52. The molecule has 0 amide bonds. The van der Waals surface area contributed by atoms with E-state index >= 15 is 0 Å². The van der Waals surface area contributed by atoms with Crippen molar-refractivity contribution >= 4 is 8.80 Å². The highest BCUT2D eigenvalue weighted by Gasteiger charge is 2.52. The first-order valence-corrected chi connectivity index (χ1v) is 8.68. The minimum atomic E-state index is -2.52. The van der Waals surface area contributed by atoms with Crippen molar-refractivity contribution in [3.63, 3.8) is 0 Å². The van der Waals surface area contributed by atoms with Gasteiger partial charge in [-0.15, -0.1) is 0 Å². The average Bonchev–Trinajstić information content (AvgIpc) is 3.15. The lowest BCUT2D eigenvalue weighted by atomic mass is 10.0. The molecule has 1 saturated heterocycles. The van der Waals surface area contributed by atoms with Gasteiger partial charge in [-0.1, -0.05) is 19.3 Å². The van der Waals surface area contributed by atoms with Crippen LogP contribution in [0.4, 0.5) is 0 Å². The van der Waals surface area contributed by atoms with E-state index in [0.717, 1.165) is 0 Å². The van der Waals surface area contributed by atoms with E-state index in [1.165, 1.54) is 32.1 Å². The normalized spacial score (nSPS) is 26.1. The fraction of sp³-hybridized carbons (Fsp3) is 1.00. The topological polar surface area (TPSA) is 40.2 Å². The molecule has 0 bridgehead atoms. The molecular weight excluding hydrogens is 236 g/mol. The first kappa shape index (κ1) is 13.5. The first-order valence-electron chi connectivity index (χ1n) is 6.88. The molecule has 1 saturated carbocycles. The van der Waals surface area contributed by atoms with Gasteiger partial charge in [0.05, 0.1) is 0 Å². The Labute approximate surface area is 105 Å². The molecule has 2 aliphatic rings. The van der Waals surface area contributed by atoms with Crippen LogP contribution in [0.15, 0.2) is 0 Å². The van der Waals surface area contributed by atoms with Crippen molar-refractivity contribution in [1.29, 1.82) is 0 Å². The lowest BCUT2D eigenvalue weighted by Gasteiger charge is -2.36. The van der Waals surface area contributed by atoms with Gasteiger partial charge >= 0.3 is 8.80 Å². The average molecular weight is 260 g/mol. The van der Waals surface area contributed by atoms with E-state index in [4.69, 9.17) is 18.0 Å². The van der Waals surface area contributed by atoms with Crippen LogP contribution in [0.3, 0.4) is 0 Å². The Morgan fingerprint density at radius 3 is 2.12 bits per heavy atom. The van der Waals surface area contributed by atoms with Crippen LogP contribution >= 0.6 is 0 Å². The molecule has 1 aliphatic heterocycles. The lowest BCUT2D eigenvalue weighted by molar-refractivity contribution is 0.0194. The van der Waals surface area contributed by atoms with Gasteiger partial charge in [0.25, 0.3) is 0 Å². The van der Waals surface area contributed by atoms with Crippen molar-refractivity contribution < 1.29 is 18.0 Å². The van der Waals surface area contributed by atoms with Crippen LogP contribution < -0.4 is 0 Å². The predicted molar refractivity (Wildman–Crippen MR) is 66.7 cm³/mol.